The standard InChI is InChI=1S/C6H12O3/c1-3-5(8)6(9)4(2)7/h5-9H,2-3H2,1H3. The van der Waals surface area contributed by atoms with E-state index in [0.29, 0.717) is 6.42 Å². The van der Waals surface area contributed by atoms with Crippen LogP contribution in [0.2, 0.25) is 0 Å². The summed E-state index contributed by atoms with van der Waals surface area (Å²) >= 11 is 0. The van der Waals surface area contributed by atoms with Crippen molar-refractivity contribution in [2.75, 3.05) is 0 Å². The molecule has 0 aromatic rings. The van der Waals surface area contributed by atoms with Gasteiger partial charge in [-0.25, -0.2) is 0 Å². The Morgan fingerprint density at radius 1 is 1.56 bits per heavy atom. The average molecular weight is 132 g/mol. The quantitative estimate of drug-likeness (QED) is 0.480. The van der Waals surface area contributed by atoms with Gasteiger partial charge in [-0.05, 0) is 6.42 Å². The van der Waals surface area contributed by atoms with Gasteiger partial charge in [-0.1, -0.05) is 13.5 Å². The first-order valence-corrected chi connectivity index (χ1v) is 2.83. The van der Waals surface area contributed by atoms with Gasteiger partial charge >= 0.3 is 0 Å². The van der Waals surface area contributed by atoms with Crippen molar-refractivity contribution in [2.24, 2.45) is 0 Å². The molecule has 2 unspecified atom stereocenters. The van der Waals surface area contributed by atoms with Crippen molar-refractivity contribution in [1.82, 2.24) is 0 Å². The van der Waals surface area contributed by atoms with Crippen LogP contribution in [0, 0.1) is 0 Å². The highest BCUT2D eigenvalue weighted by molar-refractivity contribution is 4.92. The predicted octanol–water partition coefficient (Wildman–Crippen LogP) is 0.190. The van der Waals surface area contributed by atoms with Crippen LogP contribution in [0.5, 0.6) is 0 Å². The molecule has 0 aliphatic heterocycles. The fourth-order valence-corrected chi connectivity index (χ4v) is 0.445. The predicted molar refractivity (Wildman–Crippen MR) is 34.1 cm³/mol. The molecule has 54 valence electrons. The summed E-state index contributed by atoms with van der Waals surface area (Å²) in [5.74, 6) is -0.385. The molecule has 2 atom stereocenters. The van der Waals surface area contributed by atoms with E-state index in [-0.39, 0.29) is 5.76 Å². The van der Waals surface area contributed by atoms with Crippen molar-refractivity contribution in [2.45, 2.75) is 25.6 Å². The van der Waals surface area contributed by atoms with E-state index in [4.69, 9.17) is 15.3 Å². The summed E-state index contributed by atoms with van der Waals surface area (Å²) < 4.78 is 0. The van der Waals surface area contributed by atoms with Gasteiger partial charge in [0.2, 0.25) is 0 Å². The molecule has 9 heavy (non-hydrogen) atoms. The molecular weight excluding hydrogens is 120 g/mol. The molecule has 0 aromatic heterocycles. The monoisotopic (exact) mass is 132 g/mol. The summed E-state index contributed by atoms with van der Waals surface area (Å²) in [7, 11) is 0. The molecule has 3 N–H and O–H groups in total. The maximum Gasteiger partial charge on any atom is 0.136 e. The SMILES string of the molecule is C=C(O)C(O)C(O)CC. The van der Waals surface area contributed by atoms with Gasteiger partial charge < -0.3 is 15.3 Å². The summed E-state index contributed by atoms with van der Waals surface area (Å²) in [5, 5.41) is 26.1. The van der Waals surface area contributed by atoms with Crippen LogP contribution in [-0.2, 0) is 0 Å². The Morgan fingerprint density at radius 2 is 2.00 bits per heavy atom. The van der Waals surface area contributed by atoms with Crippen molar-refractivity contribution in [1.29, 1.82) is 0 Å². The molecule has 0 radical (unpaired) electrons. The second kappa shape index (κ2) is 3.48. The molecule has 0 fully saturated rings. The summed E-state index contributed by atoms with van der Waals surface area (Å²) in [6.07, 6.45) is -1.70. The van der Waals surface area contributed by atoms with Gasteiger partial charge in [0.1, 0.15) is 11.9 Å². The minimum absolute atomic E-state index is 0.385. The molecule has 0 amide bonds. The number of aliphatic hydroxyl groups is 3. The van der Waals surface area contributed by atoms with Gasteiger partial charge in [-0.15, -0.1) is 0 Å². The lowest BCUT2D eigenvalue weighted by Crippen LogP contribution is -2.26. The van der Waals surface area contributed by atoms with Gasteiger partial charge in [0.25, 0.3) is 0 Å². The fraction of sp³-hybridized carbons (Fsp3) is 0.667. The Morgan fingerprint density at radius 3 is 2.11 bits per heavy atom. The Hall–Kier alpha value is -0.540. The first-order chi connectivity index (χ1) is 4.09. The van der Waals surface area contributed by atoms with Crippen molar-refractivity contribution >= 4 is 0 Å². The van der Waals surface area contributed by atoms with Crippen LogP contribution in [0.3, 0.4) is 0 Å². The highest BCUT2D eigenvalue weighted by Gasteiger charge is 2.15. The van der Waals surface area contributed by atoms with E-state index in [2.05, 4.69) is 6.58 Å². The van der Waals surface area contributed by atoms with Crippen LogP contribution in [0.25, 0.3) is 0 Å². The third-order valence-corrected chi connectivity index (χ3v) is 1.12. The Balaban J connectivity index is 3.72. The first-order valence-electron chi connectivity index (χ1n) is 2.83. The van der Waals surface area contributed by atoms with E-state index >= 15 is 0 Å². The number of aliphatic hydroxyl groups excluding tert-OH is 3. The summed E-state index contributed by atoms with van der Waals surface area (Å²) in [5.41, 5.74) is 0. The van der Waals surface area contributed by atoms with Crippen molar-refractivity contribution in [3.05, 3.63) is 12.3 Å². The molecule has 0 heterocycles. The van der Waals surface area contributed by atoms with Gasteiger partial charge in [0.05, 0.1) is 6.10 Å². The van der Waals surface area contributed by atoms with Crippen LogP contribution >= 0.6 is 0 Å². The lowest BCUT2D eigenvalue weighted by molar-refractivity contribution is 0.0170. The third kappa shape index (κ3) is 2.49. The van der Waals surface area contributed by atoms with Crippen LogP contribution in [0.4, 0.5) is 0 Å². The Bertz CT molecular complexity index is 100. The van der Waals surface area contributed by atoms with E-state index in [1.54, 1.807) is 6.92 Å². The molecule has 0 aliphatic carbocycles. The topological polar surface area (TPSA) is 60.7 Å². The van der Waals surface area contributed by atoms with Gasteiger partial charge in [0, 0.05) is 0 Å². The number of hydrogen-bond acceptors (Lipinski definition) is 3. The second-order valence-corrected chi connectivity index (χ2v) is 1.91. The number of rotatable bonds is 3. The Kier molecular flexibility index (Phi) is 3.27. The van der Waals surface area contributed by atoms with E-state index in [0.717, 1.165) is 0 Å². The van der Waals surface area contributed by atoms with Crippen molar-refractivity contribution in [3.63, 3.8) is 0 Å². The van der Waals surface area contributed by atoms with Gasteiger partial charge in [-0.2, -0.15) is 0 Å². The van der Waals surface area contributed by atoms with E-state index < -0.39 is 12.2 Å². The van der Waals surface area contributed by atoms with E-state index in [9.17, 15) is 0 Å². The van der Waals surface area contributed by atoms with Gasteiger partial charge in [0.15, 0.2) is 0 Å². The summed E-state index contributed by atoms with van der Waals surface area (Å²) in [6.45, 7) is 4.77. The minimum Gasteiger partial charge on any atom is -0.510 e. The smallest absolute Gasteiger partial charge is 0.136 e. The lowest BCUT2D eigenvalue weighted by Gasteiger charge is -2.13. The highest BCUT2D eigenvalue weighted by atomic mass is 16.4. The molecule has 0 aromatic carbocycles. The summed E-state index contributed by atoms with van der Waals surface area (Å²) in [4.78, 5) is 0. The zero-order valence-corrected chi connectivity index (χ0v) is 5.41. The third-order valence-electron chi connectivity index (χ3n) is 1.12. The molecule has 3 heteroatoms. The molecule has 0 saturated carbocycles. The molecule has 3 nitrogen and oxygen atoms in total. The van der Waals surface area contributed by atoms with Crippen LogP contribution in [0.1, 0.15) is 13.3 Å². The van der Waals surface area contributed by atoms with Gasteiger partial charge in [-0.3, -0.25) is 0 Å². The van der Waals surface area contributed by atoms with Crippen molar-refractivity contribution in [3.8, 4) is 0 Å². The normalized spacial score (nSPS) is 16.8. The highest BCUT2D eigenvalue weighted by Crippen LogP contribution is 2.03. The molecule has 0 rings (SSSR count). The maximum absolute atomic E-state index is 8.83. The summed E-state index contributed by atoms with van der Waals surface area (Å²) in [6, 6.07) is 0. The van der Waals surface area contributed by atoms with Crippen LogP contribution in [0.15, 0.2) is 12.3 Å². The minimum atomic E-state index is -1.20. The zero-order valence-electron chi connectivity index (χ0n) is 5.41. The molecule has 0 aliphatic rings. The largest absolute Gasteiger partial charge is 0.510 e. The fourth-order valence-electron chi connectivity index (χ4n) is 0.445. The lowest BCUT2D eigenvalue weighted by atomic mass is 10.1. The van der Waals surface area contributed by atoms with E-state index in [1.165, 1.54) is 0 Å². The molecule has 0 spiro atoms. The first kappa shape index (κ1) is 8.46. The van der Waals surface area contributed by atoms with Crippen molar-refractivity contribution < 1.29 is 15.3 Å². The zero-order chi connectivity index (χ0) is 7.44. The number of hydrogen-bond donors (Lipinski definition) is 3. The molecule has 0 saturated heterocycles. The van der Waals surface area contributed by atoms with E-state index in [1.807, 2.05) is 0 Å². The van der Waals surface area contributed by atoms with Crippen LogP contribution < -0.4 is 0 Å². The average Bonchev–Trinajstić information content (AvgIpc) is 1.84. The molecular formula is C6H12O3. The second-order valence-electron chi connectivity index (χ2n) is 1.91. The Labute approximate surface area is 54.3 Å². The maximum atomic E-state index is 8.83. The van der Waals surface area contributed by atoms with Crippen LogP contribution in [-0.4, -0.2) is 27.5 Å². The molecule has 0 bridgehead atoms.